The van der Waals surface area contributed by atoms with Crippen molar-refractivity contribution in [3.05, 3.63) is 28.7 Å². The van der Waals surface area contributed by atoms with Crippen LogP contribution in [-0.4, -0.2) is 23.0 Å². The van der Waals surface area contributed by atoms with Crippen molar-refractivity contribution >= 4 is 28.5 Å². The predicted octanol–water partition coefficient (Wildman–Crippen LogP) is 2.88. The molecule has 2 aromatic rings. The molecule has 0 unspecified atom stereocenters. The van der Waals surface area contributed by atoms with Crippen molar-refractivity contribution in [3.8, 4) is 0 Å². The van der Waals surface area contributed by atoms with Crippen LogP contribution < -0.4 is 0 Å². The van der Waals surface area contributed by atoms with Gasteiger partial charge in [0.05, 0.1) is 12.6 Å². The normalized spacial score (nSPS) is 15.2. The Morgan fingerprint density at radius 3 is 2.94 bits per heavy atom. The first-order valence-corrected chi connectivity index (χ1v) is 5.84. The number of pyridine rings is 1. The molecule has 2 aromatic heterocycles. The minimum Gasteiger partial charge on any atom is -0.464 e. The molecular weight excluding hydrogens is 240 g/mol. The van der Waals surface area contributed by atoms with Gasteiger partial charge in [-0.2, -0.15) is 0 Å². The zero-order valence-electron chi connectivity index (χ0n) is 9.29. The maximum absolute atomic E-state index is 11.4. The van der Waals surface area contributed by atoms with E-state index < -0.39 is 5.97 Å². The second kappa shape index (κ2) is 3.74. The van der Waals surface area contributed by atoms with E-state index in [9.17, 15) is 4.79 Å². The molecular formula is C12H11ClN2O2. The average molecular weight is 251 g/mol. The molecule has 0 saturated heterocycles. The highest BCUT2D eigenvalue weighted by atomic mass is 35.5. The molecule has 1 aliphatic rings. The van der Waals surface area contributed by atoms with Gasteiger partial charge in [-0.1, -0.05) is 11.6 Å². The molecule has 0 bridgehead atoms. The van der Waals surface area contributed by atoms with Gasteiger partial charge in [-0.25, -0.2) is 9.78 Å². The highest BCUT2D eigenvalue weighted by Gasteiger charge is 2.26. The maximum Gasteiger partial charge on any atom is 0.354 e. The zero-order valence-corrected chi connectivity index (χ0v) is 10.0. The van der Waals surface area contributed by atoms with E-state index >= 15 is 0 Å². The Kier molecular flexibility index (Phi) is 2.33. The first kappa shape index (κ1) is 10.6. The van der Waals surface area contributed by atoms with E-state index in [1.165, 1.54) is 20.0 Å². The number of carbonyl (C=O) groups excluding carboxylic acids is 1. The van der Waals surface area contributed by atoms with Gasteiger partial charge in [-0.3, -0.25) is 0 Å². The number of fused-ring (bicyclic) bond motifs is 1. The molecule has 17 heavy (non-hydrogen) atoms. The summed E-state index contributed by atoms with van der Waals surface area (Å²) in [7, 11) is 1.35. The van der Waals surface area contributed by atoms with E-state index in [2.05, 4.69) is 14.7 Å². The summed E-state index contributed by atoms with van der Waals surface area (Å²) in [6.07, 6.45) is 2.33. The average Bonchev–Trinajstić information content (AvgIpc) is 3.08. The molecule has 4 nitrogen and oxygen atoms in total. The van der Waals surface area contributed by atoms with Crippen molar-refractivity contribution in [2.75, 3.05) is 7.11 Å². The van der Waals surface area contributed by atoms with E-state index in [1.807, 2.05) is 6.07 Å². The van der Waals surface area contributed by atoms with Gasteiger partial charge in [-0.05, 0) is 25.0 Å². The molecule has 0 spiro atoms. The summed E-state index contributed by atoms with van der Waals surface area (Å²) in [5.41, 5.74) is 2.24. The summed E-state index contributed by atoms with van der Waals surface area (Å²) in [5, 5.41) is 1.20. The fraction of sp³-hybridized carbons (Fsp3) is 0.333. The quantitative estimate of drug-likeness (QED) is 0.659. The second-order valence-corrected chi connectivity index (χ2v) is 4.61. The number of nitrogens with one attached hydrogen (secondary N) is 1. The SMILES string of the molecule is COC(=O)c1cc2c(Cl)nc(C3CC3)cc2[nH]1. The van der Waals surface area contributed by atoms with Crippen molar-refractivity contribution in [2.45, 2.75) is 18.8 Å². The third kappa shape index (κ3) is 1.78. The molecule has 1 saturated carbocycles. The lowest BCUT2D eigenvalue weighted by Crippen LogP contribution is -2.00. The third-order valence-electron chi connectivity index (χ3n) is 2.99. The van der Waals surface area contributed by atoms with Gasteiger partial charge in [-0.15, -0.1) is 0 Å². The van der Waals surface area contributed by atoms with Crippen LogP contribution in [0.3, 0.4) is 0 Å². The number of aromatic nitrogens is 2. The van der Waals surface area contributed by atoms with Crippen LogP contribution in [0.4, 0.5) is 0 Å². The number of aromatic amines is 1. The standard InChI is InChI=1S/C12H11ClN2O2/c1-17-12(16)10-4-7-9(14-10)5-8(6-2-3-6)15-11(7)13/h4-6,14H,2-3H2,1H3. The number of carbonyl (C=O) groups is 1. The van der Waals surface area contributed by atoms with Gasteiger partial charge in [0, 0.05) is 17.0 Å². The zero-order chi connectivity index (χ0) is 12.0. The summed E-state index contributed by atoms with van der Waals surface area (Å²) in [4.78, 5) is 18.8. The lowest BCUT2D eigenvalue weighted by molar-refractivity contribution is 0.0595. The molecule has 1 aliphatic carbocycles. The van der Waals surface area contributed by atoms with Gasteiger partial charge < -0.3 is 9.72 Å². The molecule has 0 atom stereocenters. The first-order chi connectivity index (χ1) is 8.19. The molecule has 2 heterocycles. The second-order valence-electron chi connectivity index (χ2n) is 4.25. The minimum absolute atomic E-state index is 0.398. The van der Waals surface area contributed by atoms with E-state index in [0.717, 1.165) is 16.6 Å². The Morgan fingerprint density at radius 2 is 2.29 bits per heavy atom. The molecule has 3 rings (SSSR count). The van der Waals surface area contributed by atoms with Crippen LogP contribution in [0.25, 0.3) is 10.9 Å². The number of methoxy groups -OCH3 is 1. The van der Waals surface area contributed by atoms with Crippen molar-refractivity contribution in [1.82, 2.24) is 9.97 Å². The van der Waals surface area contributed by atoms with Crippen LogP contribution in [0.15, 0.2) is 12.1 Å². The highest BCUT2D eigenvalue weighted by molar-refractivity contribution is 6.34. The van der Waals surface area contributed by atoms with Crippen molar-refractivity contribution in [3.63, 3.8) is 0 Å². The van der Waals surface area contributed by atoms with E-state index in [1.54, 1.807) is 6.07 Å². The number of halogens is 1. The molecule has 1 N–H and O–H groups in total. The van der Waals surface area contributed by atoms with E-state index in [0.29, 0.717) is 16.8 Å². The van der Waals surface area contributed by atoms with Gasteiger partial charge in [0.1, 0.15) is 10.8 Å². The summed E-state index contributed by atoms with van der Waals surface area (Å²) in [6.45, 7) is 0. The number of esters is 1. The van der Waals surface area contributed by atoms with Crippen LogP contribution in [0, 0.1) is 0 Å². The predicted molar refractivity (Wildman–Crippen MR) is 64.4 cm³/mol. The van der Waals surface area contributed by atoms with Crippen LogP contribution >= 0.6 is 11.6 Å². The van der Waals surface area contributed by atoms with Crippen LogP contribution in [0.5, 0.6) is 0 Å². The number of hydrogen-bond acceptors (Lipinski definition) is 3. The monoisotopic (exact) mass is 250 g/mol. The number of H-pyrrole nitrogens is 1. The third-order valence-corrected chi connectivity index (χ3v) is 3.28. The lowest BCUT2D eigenvalue weighted by atomic mass is 10.2. The summed E-state index contributed by atoms with van der Waals surface area (Å²) >= 11 is 6.11. The Balaban J connectivity index is 2.14. The largest absolute Gasteiger partial charge is 0.464 e. The smallest absolute Gasteiger partial charge is 0.354 e. The summed E-state index contributed by atoms with van der Waals surface area (Å²) in [6, 6.07) is 3.64. The first-order valence-electron chi connectivity index (χ1n) is 5.46. The molecule has 0 radical (unpaired) electrons. The molecule has 88 valence electrons. The Bertz CT molecular complexity index is 602. The number of rotatable bonds is 2. The lowest BCUT2D eigenvalue weighted by Gasteiger charge is -1.99. The number of hydrogen-bond donors (Lipinski definition) is 1. The van der Waals surface area contributed by atoms with Crippen molar-refractivity contribution in [2.24, 2.45) is 0 Å². The van der Waals surface area contributed by atoms with Crippen molar-refractivity contribution in [1.29, 1.82) is 0 Å². The van der Waals surface area contributed by atoms with Crippen LogP contribution in [-0.2, 0) is 4.74 Å². The molecule has 1 fully saturated rings. The Hall–Kier alpha value is -1.55. The number of nitrogens with zero attached hydrogens (tertiary/aromatic N) is 1. The topological polar surface area (TPSA) is 55.0 Å². The van der Waals surface area contributed by atoms with Gasteiger partial charge in [0.15, 0.2) is 0 Å². The molecule has 5 heteroatoms. The van der Waals surface area contributed by atoms with Crippen LogP contribution in [0.2, 0.25) is 5.15 Å². The van der Waals surface area contributed by atoms with E-state index in [4.69, 9.17) is 11.6 Å². The number of ether oxygens (including phenoxy) is 1. The highest BCUT2D eigenvalue weighted by Crippen LogP contribution is 2.40. The molecule has 0 amide bonds. The molecule has 0 aromatic carbocycles. The van der Waals surface area contributed by atoms with Crippen molar-refractivity contribution < 1.29 is 9.53 Å². The molecule has 0 aliphatic heterocycles. The Morgan fingerprint density at radius 1 is 1.53 bits per heavy atom. The van der Waals surface area contributed by atoms with E-state index in [-0.39, 0.29) is 0 Å². The van der Waals surface area contributed by atoms with Gasteiger partial charge in [0.25, 0.3) is 0 Å². The minimum atomic E-state index is -0.398. The van der Waals surface area contributed by atoms with Crippen LogP contribution in [0.1, 0.15) is 34.9 Å². The summed E-state index contributed by atoms with van der Waals surface area (Å²) < 4.78 is 4.66. The Labute approximate surface area is 103 Å². The maximum atomic E-state index is 11.4. The fourth-order valence-corrected chi connectivity index (χ4v) is 2.17. The van der Waals surface area contributed by atoms with Gasteiger partial charge >= 0.3 is 5.97 Å². The fourth-order valence-electron chi connectivity index (χ4n) is 1.92. The van der Waals surface area contributed by atoms with Gasteiger partial charge in [0.2, 0.25) is 0 Å². The summed E-state index contributed by atoms with van der Waals surface area (Å²) in [5.74, 6) is 0.131.